The molecule has 0 saturated carbocycles. The van der Waals surface area contributed by atoms with Gasteiger partial charge in [-0.2, -0.15) is 5.10 Å². The van der Waals surface area contributed by atoms with Gasteiger partial charge in [-0.25, -0.2) is 0 Å². The van der Waals surface area contributed by atoms with Crippen molar-refractivity contribution in [1.29, 1.82) is 0 Å². The van der Waals surface area contributed by atoms with Crippen LogP contribution >= 0.6 is 0 Å². The maximum atomic E-state index is 12.4. The molecule has 2 N–H and O–H groups in total. The van der Waals surface area contributed by atoms with Crippen LogP contribution in [-0.4, -0.2) is 50.6 Å². The van der Waals surface area contributed by atoms with Crippen molar-refractivity contribution >= 4 is 5.91 Å². The number of carbonyl (C=O) groups is 1. The van der Waals surface area contributed by atoms with E-state index in [1.54, 1.807) is 18.2 Å². The first-order chi connectivity index (χ1) is 15.6. The molecule has 1 aromatic heterocycles. The fourth-order valence-corrected chi connectivity index (χ4v) is 2.98. The summed E-state index contributed by atoms with van der Waals surface area (Å²) in [5.74, 6) is 7.71. The Morgan fingerprint density at radius 1 is 1.00 bits per heavy atom. The van der Waals surface area contributed by atoms with E-state index in [9.17, 15) is 4.79 Å². The van der Waals surface area contributed by atoms with Gasteiger partial charge in [-0.05, 0) is 36.8 Å². The molecule has 3 rings (SSSR count). The summed E-state index contributed by atoms with van der Waals surface area (Å²) < 4.78 is 21.7. The number of aromatic nitrogens is 2. The Morgan fingerprint density at radius 2 is 1.72 bits per heavy atom. The molecule has 0 aliphatic carbocycles. The number of aromatic amines is 1. The van der Waals surface area contributed by atoms with Gasteiger partial charge in [-0.15, -0.1) is 0 Å². The standard InChI is InChI=1S/C24H25N3O5/c1-16-9-5-6-10-20(16)32-12-8-7-11-25-24(28)19-15-18(26-27-19)17-13-21(29-2)23(31-4)22(14-17)30-3/h5-6,9-10,13-15H,11-12H2,1-4H3,(H,25,28)(H,26,27). The van der Waals surface area contributed by atoms with Gasteiger partial charge in [-0.1, -0.05) is 30.0 Å². The van der Waals surface area contributed by atoms with Crippen molar-refractivity contribution < 1.29 is 23.7 Å². The largest absolute Gasteiger partial charge is 0.493 e. The van der Waals surface area contributed by atoms with E-state index in [1.165, 1.54) is 21.3 Å². The van der Waals surface area contributed by atoms with E-state index in [-0.39, 0.29) is 19.1 Å². The summed E-state index contributed by atoms with van der Waals surface area (Å²) in [5.41, 5.74) is 2.63. The van der Waals surface area contributed by atoms with Crippen molar-refractivity contribution in [3.05, 3.63) is 53.7 Å². The molecule has 32 heavy (non-hydrogen) atoms. The Hall–Kier alpha value is -4.12. The summed E-state index contributed by atoms with van der Waals surface area (Å²) in [6.45, 7) is 2.41. The average Bonchev–Trinajstić information content (AvgIpc) is 3.31. The van der Waals surface area contributed by atoms with Crippen molar-refractivity contribution in [2.24, 2.45) is 0 Å². The zero-order valence-electron chi connectivity index (χ0n) is 18.4. The number of carbonyl (C=O) groups excluding carboxylic acids is 1. The molecule has 0 fully saturated rings. The van der Waals surface area contributed by atoms with Crippen molar-refractivity contribution in [2.45, 2.75) is 6.92 Å². The molecule has 0 atom stereocenters. The van der Waals surface area contributed by atoms with Gasteiger partial charge >= 0.3 is 0 Å². The number of hydrogen-bond donors (Lipinski definition) is 2. The highest BCUT2D eigenvalue weighted by Crippen LogP contribution is 2.40. The minimum atomic E-state index is -0.315. The van der Waals surface area contributed by atoms with Crippen LogP contribution in [0.2, 0.25) is 0 Å². The SMILES string of the molecule is COc1cc(-c2cc(C(=O)NCC#CCOc3ccccc3C)[nH]n2)cc(OC)c1OC. The third kappa shape index (κ3) is 5.32. The Labute approximate surface area is 186 Å². The predicted molar refractivity (Wildman–Crippen MR) is 120 cm³/mol. The first-order valence-electron chi connectivity index (χ1n) is 9.85. The third-order valence-electron chi connectivity index (χ3n) is 4.64. The minimum absolute atomic E-state index is 0.189. The lowest BCUT2D eigenvalue weighted by Gasteiger charge is -2.13. The zero-order chi connectivity index (χ0) is 22.9. The summed E-state index contributed by atoms with van der Waals surface area (Å²) in [6.07, 6.45) is 0. The van der Waals surface area contributed by atoms with Crippen LogP contribution < -0.4 is 24.3 Å². The monoisotopic (exact) mass is 435 g/mol. The van der Waals surface area contributed by atoms with Crippen LogP contribution in [0.15, 0.2) is 42.5 Å². The summed E-state index contributed by atoms with van der Waals surface area (Å²) in [6, 6.07) is 12.9. The second-order valence-corrected chi connectivity index (χ2v) is 6.67. The van der Waals surface area contributed by atoms with Gasteiger partial charge in [0, 0.05) is 5.56 Å². The summed E-state index contributed by atoms with van der Waals surface area (Å²) >= 11 is 0. The fraction of sp³-hybridized carbons (Fsp3) is 0.250. The number of amides is 1. The van der Waals surface area contributed by atoms with E-state index in [2.05, 4.69) is 27.4 Å². The highest BCUT2D eigenvalue weighted by atomic mass is 16.5. The van der Waals surface area contributed by atoms with Crippen LogP contribution in [0.25, 0.3) is 11.3 Å². The first-order valence-corrected chi connectivity index (χ1v) is 9.85. The molecule has 2 aromatic carbocycles. The van der Waals surface area contributed by atoms with E-state index in [1.807, 2.05) is 31.2 Å². The molecular formula is C24H25N3O5. The normalized spacial score (nSPS) is 10.0. The fourth-order valence-electron chi connectivity index (χ4n) is 2.98. The molecule has 166 valence electrons. The van der Waals surface area contributed by atoms with Gasteiger partial charge in [0.1, 0.15) is 18.1 Å². The van der Waals surface area contributed by atoms with Crippen LogP contribution in [0.4, 0.5) is 0 Å². The number of aryl methyl sites for hydroxylation is 1. The van der Waals surface area contributed by atoms with E-state index in [4.69, 9.17) is 18.9 Å². The number of rotatable bonds is 8. The van der Waals surface area contributed by atoms with Crippen LogP contribution in [0.5, 0.6) is 23.0 Å². The molecule has 0 unspecified atom stereocenters. The molecular weight excluding hydrogens is 410 g/mol. The van der Waals surface area contributed by atoms with E-state index < -0.39 is 0 Å². The molecule has 8 heteroatoms. The quantitative estimate of drug-likeness (QED) is 0.528. The molecule has 1 amide bonds. The number of methoxy groups -OCH3 is 3. The van der Waals surface area contributed by atoms with E-state index >= 15 is 0 Å². The van der Waals surface area contributed by atoms with Crippen molar-refractivity contribution in [2.75, 3.05) is 34.5 Å². The number of hydrogen-bond acceptors (Lipinski definition) is 6. The smallest absolute Gasteiger partial charge is 0.270 e. The molecule has 1 heterocycles. The molecule has 3 aromatic rings. The molecule has 0 bridgehead atoms. The minimum Gasteiger partial charge on any atom is -0.493 e. The number of nitrogens with one attached hydrogen (secondary N) is 2. The number of ether oxygens (including phenoxy) is 4. The zero-order valence-corrected chi connectivity index (χ0v) is 18.4. The summed E-state index contributed by atoms with van der Waals surface area (Å²) in [7, 11) is 4.62. The molecule has 0 saturated heterocycles. The lowest BCUT2D eigenvalue weighted by Crippen LogP contribution is -2.24. The van der Waals surface area contributed by atoms with Crippen LogP contribution in [0, 0.1) is 18.8 Å². The van der Waals surface area contributed by atoms with Crippen molar-refractivity contribution in [1.82, 2.24) is 15.5 Å². The highest BCUT2D eigenvalue weighted by molar-refractivity contribution is 5.93. The van der Waals surface area contributed by atoms with Crippen LogP contribution in [0.1, 0.15) is 16.1 Å². The van der Waals surface area contributed by atoms with E-state index in [0.29, 0.717) is 34.2 Å². The molecule has 8 nitrogen and oxygen atoms in total. The number of H-pyrrole nitrogens is 1. The lowest BCUT2D eigenvalue weighted by molar-refractivity contribution is 0.0953. The van der Waals surface area contributed by atoms with Gasteiger partial charge in [0.25, 0.3) is 5.91 Å². The van der Waals surface area contributed by atoms with Gasteiger partial charge in [0.15, 0.2) is 11.5 Å². The molecule has 0 aliphatic rings. The van der Waals surface area contributed by atoms with Crippen LogP contribution in [-0.2, 0) is 0 Å². The highest BCUT2D eigenvalue weighted by Gasteiger charge is 2.17. The molecule has 0 aliphatic heterocycles. The first kappa shape index (κ1) is 22.6. The average molecular weight is 435 g/mol. The second-order valence-electron chi connectivity index (χ2n) is 6.67. The van der Waals surface area contributed by atoms with Crippen LogP contribution in [0.3, 0.4) is 0 Å². The van der Waals surface area contributed by atoms with E-state index in [0.717, 1.165) is 11.3 Å². The third-order valence-corrected chi connectivity index (χ3v) is 4.64. The summed E-state index contributed by atoms with van der Waals surface area (Å²) in [4.78, 5) is 12.4. The number of benzene rings is 2. The summed E-state index contributed by atoms with van der Waals surface area (Å²) in [5, 5.41) is 9.69. The second kappa shape index (κ2) is 10.8. The van der Waals surface area contributed by atoms with Crippen molar-refractivity contribution in [3.63, 3.8) is 0 Å². The number of nitrogens with zero attached hydrogens (tertiary/aromatic N) is 1. The van der Waals surface area contributed by atoms with Gasteiger partial charge in [0.05, 0.1) is 33.6 Å². The Balaban J connectivity index is 1.59. The topological polar surface area (TPSA) is 94.7 Å². The van der Waals surface area contributed by atoms with Gasteiger partial charge < -0.3 is 24.3 Å². The predicted octanol–water partition coefficient (Wildman–Crippen LogP) is 3.22. The Kier molecular flexibility index (Phi) is 7.60. The lowest BCUT2D eigenvalue weighted by atomic mass is 10.1. The number of para-hydroxylation sites is 1. The molecule has 0 spiro atoms. The Morgan fingerprint density at radius 3 is 2.38 bits per heavy atom. The van der Waals surface area contributed by atoms with Gasteiger partial charge in [0.2, 0.25) is 5.75 Å². The van der Waals surface area contributed by atoms with Gasteiger partial charge in [-0.3, -0.25) is 9.89 Å². The van der Waals surface area contributed by atoms with Crippen molar-refractivity contribution in [3.8, 4) is 46.1 Å². The molecule has 0 radical (unpaired) electrons. The Bertz CT molecular complexity index is 1120. The maximum absolute atomic E-state index is 12.4. The maximum Gasteiger partial charge on any atom is 0.270 e.